The van der Waals surface area contributed by atoms with E-state index in [4.69, 9.17) is 6.42 Å². The maximum atomic E-state index is 5.08. The second-order valence-electron chi connectivity index (χ2n) is 2.52. The van der Waals surface area contributed by atoms with Crippen LogP contribution in [0.3, 0.4) is 0 Å². The standard InChI is InChI=1S/C10H12/c1-2-3-7-10-8-5-4-6-9-10/h1,3,7-8H,4-6,9H2/b7-3+. The molecule has 0 aromatic rings. The summed E-state index contributed by atoms with van der Waals surface area (Å²) in [5.41, 5.74) is 1.41. The van der Waals surface area contributed by atoms with Gasteiger partial charge in [-0.2, -0.15) is 0 Å². The minimum Gasteiger partial charge on any atom is -0.115 e. The van der Waals surface area contributed by atoms with Crippen molar-refractivity contribution in [2.45, 2.75) is 25.7 Å². The molecule has 0 atom stereocenters. The zero-order chi connectivity index (χ0) is 7.23. The minimum atomic E-state index is 1.21. The highest BCUT2D eigenvalue weighted by Gasteiger charge is 1.98. The van der Waals surface area contributed by atoms with Gasteiger partial charge >= 0.3 is 0 Å². The summed E-state index contributed by atoms with van der Waals surface area (Å²) in [6.45, 7) is 0. The van der Waals surface area contributed by atoms with Crippen molar-refractivity contribution >= 4 is 0 Å². The molecule has 0 radical (unpaired) electrons. The molecule has 0 amide bonds. The Morgan fingerprint density at radius 3 is 3.00 bits per heavy atom. The van der Waals surface area contributed by atoms with Gasteiger partial charge in [-0.1, -0.05) is 23.6 Å². The Labute approximate surface area is 62.6 Å². The number of allylic oxidation sites excluding steroid dienone is 4. The van der Waals surface area contributed by atoms with Crippen LogP contribution in [0.4, 0.5) is 0 Å². The van der Waals surface area contributed by atoms with Crippen molar-refractivity contribution in [1.29, 1.82) is 0 Å². The Morgan fingerprint density at radius 1 is 1.50 bits per heavy atom. The average molecular weight is 132 g/mol. The molecule has 0 heterocycles. The molecule has 0 bridgehead atoms. The molecular weight excluding hydrogens is 120 g/mol. The first-order valence-electron chi connectivity index (χ1n) is 3.75. The van der Waals surface area contributed by atoms with E-state index in [9.17, 15) is 0 Å². The van der Waals surface area contributed by atoms with Crippen molar-refractivity contribution < 1.29 is 0 Å². The number of hydrogen-bond donors (Lipinski definition) is 0. The maximum absolute atomic E-state index is 5.08. The number of terminal acetylenes is 1. The zero-order valence-corrected chi connectivity index (χ0v) is 6.14. The van der Waals surface area contributed by atoms with Crippen molar-refractivity contribution in [3.8, 4) is 12.3 Å². The largest absolute Gasteiger partial charge is 0.115 e. The van der Waals surface area contributed by atoms with Gasteiger partial charge in [-0.25, -0.2) is 0 Å². The molecule has 0 aromatic heterocycles. The molecule has 0 spiro atoms. The van der Waals surface area contributed by atoms with Gasteiger partial charge in [0.15, 0.2) is 0 Å². The van der Waals surface area contributed by atoms with Crippen molar-refractivity contribution in [3.05, 3.63) is 23.8 Å². The Kier molecular flexibility index (Phi) is 2.83. The van der Waals surface area contributed by atoms with Crippen molar-refractivity contribution in [3.63, 3.8) is 0 Å². The summed E-state index contributed by atoms with van der Waals surface area (Å²) in [7, 11) is 0. The molecule has 0 unspecified atom stereocenters. The van der Waals surface area contributed by atoms with Gasteiger partial charge < -0.3 is 0 Å². The molecule has 1 aliphatic carbocycles. The Hall–Kier alpha value is -0.960. The van der Waals surface area contributed by atoms with E-state index in [-0.39, 0.29) is 0 Å². The summed E-state index contributed by atoms with van der Waals surface area (Å²) in [4.78, 5) is 0. The van der Waals surface area contributed by atoms with Gasteiger partial charge in [0, 0.05) is 0 Å². The van der Waals surface area contributed by atoms with E-state index in [1.807, 2.05) is 6.08 Å². The minimum absolute atomic E-state index is 1.21. The lowest BCUT2D eigenvalue weighted by atomic mass is 9.99. The van der Waals surface area contributed by atoms with Crippen LogP contribution >= 0.6 is 0 Å². The SMILES string of the molecule is C#C/C=C/C1=CCCCC1. The van der Waals surface area contributed by atoms with Crippen LogP contribution in [0.1, 0.15) is 25.7 Å². The summed E-state index contributed by atoms with van der Waals surface area (Å²) in [5, 5.41) is 0. The summed E-state index contributed by atoms with van der Waals surface area (Å²) >= 11 is 0. The quantitative estimate of drug-likeness (QED) is 0.481. The first kappa shape index (κ1) is 7.15. The molecule has 10 heavy (non-hydrogen) atoms. The molecule has 0 N–H and O–H groups in total. The molecule has 0 aromatic carbocycles. The van der Waals surface area contributed by atoms with Gasteiger partial charge in [-0.15, -0.1) is 6.42 Å². The smallest absolute Gasteiger partial charge is 0.0119 e. The lowest BCUT2D eigenvalue weighted by molar-refractivity contribution is 0.712. The highest BCUT2D eigenvalue weighted by atomic mass is 14.0. The van der Waals surface area contributed by atoms with Gasteiger partial charge in [0.1, 0.15) is 0 Å². The second kappa shape index (κ2) is 3.95. The number of hydrogen-bond acceptors (Lipinski definition) is 0. The fourth-order valence-electron chi connectivity index (χ4n) is 1.17. The van der Waals surface area contributed by atoms with E-state index >= 15 is 0 Å². The number of rotatable bonds is 1. The third kappa shape index (κ3) is 2.11. The molecule has 0 saturated carbocycles. The predicted octanol–water partition coefficient (Wildman–Crippen LogP) is 2.68. The lowest BCUT2D eigenvalue weighted by Crippen LogP contribution is -1.87. The normalized spacial score (nSPS) is 18.5. The van der Waals surface area contributed by atoms with Crippen LogP contribution in [0.25, 0.3) is 0 Å². The van der Waals surface area contributed by atoms with Crippen molar-refractivity contribution in [2.24, 2.45) is 0 Å². The molecule has 0 saturated heterocycles. The van der Waals surface area contributed by atoms with Gasteiger partial charge in [0.05, 0.1) is 0 Å². The molecule has 0 nitrogen and oxygen atoms in total. The predicted molar refractivity (Wildman–Crippen MR) is 44.5 cm³/mol. The summed E-state index contributed by atoms with van der Waals surface area (Å²) in [5.74, 6) is 2.49. The van der Waals surface area contributed by atoms with Gasteiger partial charge in [0.25, 0.3) is 0 Å². The third-order valence-electron chi connectivity index (χ3n) is 1.72. The Balaban J connectivity index is 2.48. The molecule has 0 heteroatoms. The highest BCUT2D eigenvalue weighted by molar-refractivity contribution is 5.25. The molecule has 1 aliphatic rings. The summed E-state index contributed by atoms with van der Waals surface area (Å²) in [6, 6.07) is 0. The molecule has 0 fully saturated rings. The molecular formula is C10H12. The highest BCUT2D eigenvalue weighted by Crippen LogP contribution is 2.17. The van der Waals surface area contributed by atoms with Gasteiger partial charge in [0.2, 0.25) is 0 Å². The van der Waals surface area contributed by atoms with Crippen LogP contribution in [0.5, 0.6) is 0 Å². The van der Waals surface area contributed by atoms with E-state index < -0.39 is 0 Å². The molecule has 1 rings (SSSR count). The zero-order valence-electron chi connectivity index (χ0n) is 6.14. The van der Waals surface area contributed by atoms with E-state index in [1.54, 1.807) is 6.08 Å². The first-order valence-corrected chi connectivity index (χ1v) is 3.75. The molecule has 52 valence electrons. The van der Waals surface area contributed by atoms with Crippen LogP contribution in [0.2, 0.25) is 0 Å². The van der Waals surface area contributed by atoms with Crippen LogP contribution < -0.4 is 0 Å². The monoisotopic (exact) mass is 132 g/mol. The molecule has 0 aliphatic heterocycles. The average Bonchev–Trinajstić information content (AvgIpc) is 2.03. The summed E-state index contributed by atoms with van der Waals surface area (Å²) < 4.78 is 0. The first-order chi connectivity index (χ1) is 4.93. The van der Waals surface area contributed by atoms with Crippen molar-refractivity contribution in [1.82, 2.24) is 0 Å². The fourth-order valence-corrected chi connectivity index (χ4v) is 1.17. The van der Waals surface area contributed by atoms with E-state index in [0.29, 0.717) is 0 Å². The van der Waals surface area contributed by atoms with E-state index in [2.05, 4.69) is 12.0 Å². The van der Waals surface area contributed by atoms with E-state index in [0.717, 1.165) is 0 Å². The maximum Gasteiger partial charge on any atom is -0.0119 e. The topological polar surface area (TPSA) is 0 Å². The second-order valence-corrected chi connectivity index (χ2v) is 2.52. The Bertz CT molecular complexity index is 189. The fraction of sp³-hybridized carbons (Fsp3) is 0.400. The van der Waals surface area contributed by atoms with E-state index in [1.165, 1.54) is 31.3 Å². The van der Waals surface area contributed by atoms with Crippen molar-refractivity contribution in [2.75, 3.05) is 0 Å². The summed E-state index contributed by atoms with van der Waals surface area (Å²) in [6.07, 6.45) is 16.3. The lowest BCUT2D eigenvalue weighted by Gasteiger charge is -2.06. The van der Waals surface area contributed by atoms with Gasteiger partial charge in [-0.3, -0.25) is 0 Å². The third-order valence-corrected chi connectivity index (χ3v) is 1.72. The Morgan fingerprint density at radius 2 is 2.40 bits per heavy atom. The van der Waals surface area contributed by atoms with Crippen LogP contribution in [0.15, 0.2) is 23.8 Å². The van der Waals surface area contributed by atoms with Crippen LogP contribution in [-0.4, -0.2) is 0 Å². The van der Waals surface area contributed by atoms with Gasteiger partial charge in [-0.05, 0) is 31.8 Å². The van der Waals surface area contributed by atoms with Crippen LogP contribution in [0, 0.1) is 12.3 Å². The van der Waals surface area contributed by atoms with Crippen LogP contribution in [-0.2, 0) is 0 Å².